The Morgan fingerprint density at radius 2 is 1.15 bits per heavy atom. The highest BCUT2D eigenvalue weighted by Crippen LogP contribution is 2.37. The Labute approximate surface area is 374 Å². The second kappa shape index (κ2) is 23.8. The number of hydrogen-bond acceptors (Lipinski definition) is 7. The first-order valence-electron chi connectivity index (χ1n) is 21.2. The minimum absolute atomic E-state index is 0.0221. The van der Waals surface area contributed by atoms with Crippen molar-refractivity contribution in [1.82, 2.24) is 0 Å². The fourth-order valence-corrected chi connectivity index (χ4v) is 7.02. The highest BCUT2D eigenvalue weighted by Gasteiger charge is 2.35. The summed E-state index contributed by atoms with van der Waals surface area (Å²) in [6.07, 6.45) is 1.33. The molecule has 0 heterocycles. The van der Waals surface area contributed by atoms with Gasteiger partial charge in [-0.3, -0.25) is 8.78 Å². The number of aryl methyl sites for hydroxylation is 2. The number of esters is 1. The van der Waals surface area contributed by atoms with Crippen molar-refractivity contribution in [2.24, 2.45) is 0 Å². The van der Waals surface area contributed by atoms with Gasteiger partial charge in [-0.05, 0) is 145 Å². The molecule has 0 amide bonds. The second-order valence-electron chi connectivity index (χ2n) is 15.5. The molecule has 0 bridgehead atoms. The molecule has 0 aliphatic carbocycles. The predicted octanol–water partition coefficient (Wildman–Crippen LogP) is 12.4. The third-order valence-electron chi connectivity index (χ3n) is 10.5. The van der Waals surface area contributed by atoms with Crippen LogP contribution >= 0.6 is 0 Å². The molecule has 5 rings (SSSR count). The lowest BCUT2D eigenvalue weighted by Crippen LogP contribution is -2.21. The molecular formula is C51H52F6N2O6. The van der Waals surface area contributed by atoms with Gasteiger partial charge in [0.15, 0.2) is 0 Å². The van der Waals surface area contributed by atoms with Gasteiger partial charge in [0.25, 0.3) is 0 Å². The number of alkyl halides is 6. The molecule has 0 aromatic heterocycles. The van der Waals surface area contributed by atoms with Crippen LogP contribution in [-0.2, 0) is 39.4 Å². The number of rotatable bonds is 25. The lowest BCUT2D eigenvalue weighted by Gasteiger charge is -2.22. The normalized spacial score (nSPS) is 12.6. The van der Waals surface area contributed by atoms with Gasteiger partial charge in [0.1, 0.15) is 11.5 Å². The lowest BCUT2D eigenvalue weighted by atomic mass is 9.88. The quantitative estimate of drug-likeness (QED) is 0.0173. The Hall–Kier alpha value is -6.70. The van der Waals surface area contributed by atoms with Crippen LogP contribution in [0.25, 0.3) is 11.6 Å². The first-order valence-corrected chi connectivity index (χ1v) is 21.2. The van der Waals surface area contributed by atoms with Gasteiger partial charge in [0.05, 0.1) is 31.1 Å². The summed E-state index contributed by atoms with van der Waals surface area (Å²) < 4.78 is 101. The van der Waals surface area contributed by atoms with E-state index in [9.17, 15) is 32.3 Å². The number of carbonyl (C=O) groups is 2. The van der Waals surface area contributed by atoms with E-state index < -0.39 is 36.7 Å². The van der Waals surface area contributed by atoms with Gasteiger partial charge in [0, 0.05) is 29.4 Å². The Morgan fingerprint density at radius 1 is 0.646 bits per heavy atom. The number of carbonyl (C=O) groups excluding carboxylic acids is 1. The highest BCUT2D eigenvalue weighted by molar-refractivity contribution is 5.90. The van der Waals surface area contributed by atoms with Gasteiger partial charge < -0.3 is 30.8 Å². The summed E-state index contributed by atoms with van der Waals surface area (Å²) in [6, 6.07) is 27.3. The van der Waals surface area contributed by atoms with Gasteiger partial charge in [-0.15, -0.1) is 0 Å². The molecule has 14 heteroatoms. The van der Waals surface area contributed by atoms with Crippen molar-refractivity contribution < 1.29 is 55.2 Å². The fourth-order valence-electron chi connectivity index (χ4n) is 7.02. The molecule has 0 aliphatic heterocycles. The monoisotopic (exact) mass is 902 g/mol. The number of halogens is 6. The summed E-state index contributed by atoms with van der Waals surface area (Å²) >= 11 is 0. The van der Waals surface area contributed by atoms with Crippen LogP contribution in [0.3, 0.4) is 0 Å². The van der Waals surface area contributed by atoms with E-state index in [0.29, 0.717) is 54.5 Å². The van der Waals surface area contributed by atoms with E-state index in [4.69, 9.17) is 25.7 Å². The number of ether oxygens (including phenoxy) is 3. The van der Waals surface area contributed by atoms with E-state index in [2.05, 4.69) is 0 Å². The van der Waals surface area contributed by atoms with Crippen molar-refractivity contribution in [3.8, 4) is 11.5 Å². The van der Waals surface area contributed by atoms with Crippen LogP contribution in [0.1, 0.15) is 89.8 Å². The first-order chi connectivity index (χ1) is 31.1. The summed E-state index contributed by atoms with van der Waals surface area (Å²) in [5.74, 6) is -3.04. The minimum atomic E-state index is -3.69. The summed E-state index contributed by atoms with van der Waals surface area (Å²) in [7, 11) is 0. The zero-order valence-corrected chi connectivity index (χ0v) is 35.7. The average molecular weight is 903 g/mol. The second-order valence-corrected chi connectivity index (χ2v) is 15.5. The zero-order valence-electron chi connectivity index (χ0n) is 35.7. The summed E-state index contributed by atoms with van der Waals surface area (Å²) in [5, 5.41) is 9.81. The molecule has 344 valence electrons. The van der Waals surface area contributed by atoms with E-state index in [1.807, 2.05) is 0 Å². The van der Waals surface area contributed by atoms with E-state index in [1.54, 1.807) is 36.4 Å². The molecule has 8 nitrogen and oxygen atoms in total. The molecule has 1 unspecified atom stereocenters. The average Bonchev–Trinajstić information content (AvgIpc) is 3.28. The van der Waals surface area contributed by atoms with E-state index in [-0.39, 0.29) is 53.6 Å². The molecule has 0 saturated heterocycles. The van der Waals surface area contributed by atoms with Crippen LogP contribution in [-0.4, -0.2) is 37.0 Å². The van der Waals surface area contributed by atoms with Crippen LogP contribution in [0.2, 0.25) is 0 Å². The number of allylic oxidation sites excluding steroid dienone is 1. The maximum absolute atomic E-state index is 15.2. The van der Waals surface area contributed by atoms with Gasteiger partial charge in [-0.2, -0.15) is 17.6 Å². The smallest absolute Gasteiger partial charge is 0.426 e. The van der Waals surface area contributed by atoms with Crippen LogP contribution in [0.4, 0.5) is 37.7 Å². The number of carboxylic acids is 1. The van der Waals surface area contributed by atoms with E-state index >= 15 is 8.78 Å². The number of nitrogens with two attached hydrogens (primary N) is 2. The van der Waals surface area contributed by atoms with Gasteiger partial charge in [-0.25, -0.2) is 9.59 Å². The summed E-state index contributed by atoms with van der Waals surface area (Å²) in [6.45, 7) is -1.04. The third kappa shape index (κ3) is 15.5. The van der Waals surface area contributed by atoms with Crippen LogP contribution < -0.4 is 20.9 Å². The molecule has 1 atom stereocenters. The number of anilines is 2. The largest absolute Gasteiger partial charge is 0.478 e. The van der Waals surface area contributed by atoms with Crippen molar-refractivity contribution in [3.63, 3.8) is 0 Å². The SMILES string of the molecule is Nc1ccc(C(COC(=O)/C=C/c2ccc(OC(F)(F)c3ccc(CCCCCF)cc3)cc2)C/C(=C\C(=O)O)c2ccc(OC(F)(F)c3ccc(CCCCCF)cc3)cc2)c(N)c1. The molecule has 0 aliphatic rings. The van der Waals surface area contributed by atoms with Gasteiger partial charge in [-0.1, -0.05) is 67.4 Å². The molecule has 0 radical (unpaired) electrons. The van der Waals surface area contributed by atoms with E-state index in [1.165, 1.54) is 84.9 Å². The first kappa shape index (κ1) is 49.3. The highest BCUT2D eigenvalue weighted by atomic mass is 19.3. The molecule has 5 aromatic carbocycles. The minimum Gasteiger partial charge on any atom is -0.478 e. The van der Waals surface area contributed by atoms with Crippen molar-refractivity contribution in [2.75, 3.05) is 31.4 Å². The van der Waals surface area contributed by atoms with Crippen LogP contribution in [0, 0.1) is 0 Å². The molecule has 65 heavy (non-hydrogen) atoms. The van der Waals surface area contributed by atoms with Crippen molar-refractivity contribution in [3.05, 3.63) is 166 Å². The summed E-state index contributed by atoms with van der Waals surface area (Å²) in [5.41, 5.74) is 15.5. The molecule has 5 N–H and O–H groups in total. The maximum Gasteiger partial charge on any atom is 0.426 e. The molecule has 5 aromatic rings. The summed E-state index contributed by atoms with van der Waals surface area (Å²) in [4.78, 5) is 25.0. The topological polar surface area (TPSA) is 134 Å². The zero-order chi connectivity index (χ0) is 46.8. The van der Waals surface area contributed by atoms with Crippen LogP contribution in [0.15, 0.2) is 127 Å². The Kier molecular flexibility index (Phi) is 18.1. The fraction of sp³-hybridized carbons (Fsp3) is 0.294. The third-order valence-corrected chi connectivity index (χ3v) is 10.5. The predicted molar refractivity (Wildman–Crippen MR) is 240 cm³/mol. The number of aliphatic carboxylic acids is 1. The van der Waals surface area contributed by atoms with Gasteiger partial charge in [0.2, 0.25) is 0 Å². The van der Waals surface area contributed by atoms with Gasteiger partial charge >= 0.3 is 24.2 Å². The van der Waals surface area contributed by atoms with E-state index in [0.717, 1.165) is 42.5 Å². The van der Waals surface area contributed by atoms with Crippen molar-refractivity contribution >= 4 is 35.0 Å². The lowest BCUT2D eigenvalue weighted by molar-refractivity contribution is -0.186. The number of unbranched alkanes of at least 4 members (excludes halogenated alkanes) is 4. The number of nitrogen functional groups attached to an aromatic ring is 2. The van der Waals surface area contributed by atoms with Crippen molar-refractivity contribution in [2.45, 2.75) is 75.9 Å². The number of carboxylic acid groups (broad SMARTS) is 1. The molecule has 0 saturated carbocycles. The standard InChI is InChI=1S/C51H52F6N2O6/c52-29-5-1-3-7-35-9-18-41(19-10-35)50(54,55)64-44-23-13-37(14-24-44)15-28-49(62)63-34-40(46-27-22-43(58)33-47(46)59)31-39(32-48(60)61)38-16-25-45(26-17-38)65-51(56,57)42-20-11-36(12-21-42)8-4-2-6-30-53/h9-28,32-33,40H,1-8,29-31,34,58-59H2,(H,60,61)/b28-15+,39-32+. The molecular weight excluding hydrogens is 851 g/mol. The maximum atomic E-state index is 15.2. The Morgan fingerprint density at radius 3 is 1.63 bits per heavy atom. The van der Waals surface area contributed by atoms with Crippen molar-refractivity contribution in [1.29, 1.82) is 0 Å². The van der Waals surface area contributed by atoms with Crippen LogP contribution in [0.5, 0.6) is 11.5 Å². The number of hydrogen-bond donors (Lipinski definition) is 3. The molecule has 0 spiro atoms. The Balaban J connectivity index is 1.22. The molecule has 0 fully saturated rings. The number of benzene rings is 5. The Bertz CT molecular complexity index is 2350.